The van der Waals surface area contributed by atoms with E-state index in [0.29, 0.717) is 0 Å². The van der Waals surface area contributed by atoms with Crippen LogP contribution in [0.5, 0.6) is 0 Å². The Balaban J connectivity index is 1.58. The topological polar surface area (TPSA) is 62.2 Å². The van der Waals surface area contributed by atoms with Crippen LogP contribution in [-0.4, -0.2) is 16.1 Å². The van der Waals surface area contributed by atoms with Crippen LogP contribution >= 0.6 is 11.9 Å². The lowest BCUT2D eigenvalue weighted by Crippen LogP contribution is -1.98. The van der Waals surface area contributed by atoms with E-state index in [1.807, 2.05) is 42.5 Å². The van der Waals surface area contributed by atoms with Crippen molar-refractivity contribution in [2.24, 2.45) is 5.92 Å². The number of nitrogens with one attached hydrogen (secondary N) is 1. The summed E-state index contributed by atoms with van der Waals surface area (Å²) in [7, 11) is 0. The van der Waals surface area contributed by atoms with E-state index in [0.717, 1.165) is 22.7 Å². The highest BCUT2D eigenvalue weighted by Gasteiger charge is 2.43. The van der Waals surface area contributed by atoms with Gasteiger partial charge in [0.05, 0.1) is 5.92 Å². The van der Waals surface area contributed by atoms with E-state index in [2.05, 4.69) is 9.71 Å². The van der Waals surface area contributed by atoms with Crippen LogP contribution in [0.15, 0.2) is 53.6 Å². The highest BCUT2D eigenvalue weighted by Crippen LogP contribution is 2.47. The summed E-state index contributed by atoms with van der Waals surface area (Å²) in [4.78, 5) is 16.1. The van der Waals surface area contributed by atoms with Crippen LogP contribution in [0.2, 0.25) is 0 Å². The molecule has 1 fully saturated rings. The molecule has 4 nitrogen and oxygen atoms in total. The molecular formula is C15H14N2O2S. The average Bonchev–Trinajstić information content (AvgIpc) is 3.27. The SMILES string of the molecule is O=C(O)C1CC1c1ccc(SNc2ccccn2)cc1. The minimum atomic E-state index is -0.690. The van der Waals surface area contributed by atoms with E-state index in [1.54, 1.807) is 6.20 Å². The van der Waals surface area contributed by atoms with Crippen molar-refractivity contribution in [2.45, 2.75) is 17.2 Å². The number of hydrogen-bond acceptors (Lipinski definition) is 4. The molecule has 2 atom stereocenters. The molecule has 1 aromatic carbocycles. The zero-order chi connectivity index (χ0) is 13.9. The number of carboxylic acids is 1. The molecule has 2 N–H and O–H groups in total. The second-order valence-electron chi connectivity index (χ2n) is 4.78. The zero-order valence-electron chi connectivity index (χ0n) is 10.7. The molecule has 1 aromatic heterocycles. The van der Waals surface area contributed by atoms with Crippen LogP contribution in [0.4, 0.5) is 5.82 Å². The molecular weight excluding hydrogens is 272 g/mol. The quantitative estimate of drug-likeness (QED) is 0.825. The zero-order valence-corrected chi connectivity index (χ0v) is 11.5. The van der Waals surface area contributed by atoms with Crippen LogP contribution in [0.1, 0.15) is 17.9 Å². The standard InChI is InChI=1S/C15H14N2O2S/c18-15(19)13-9-12(13)10-4-6-11(7-5-10)20-17-14-3-1-2-8-16-14/h1-8,12-13H,9H2,(H,16,17)(H,18,19). The molecule has 0 aliphatic heterocycles. The summed E-state index contributed by atoms with van der Waals surface area (Å²) in [6, 6.07) is 13.7. The van der Waals surface area contributed by atoms with Crippen molar-refractivity contribution in [1.29, 1.82) is 0 Å². The lowest BCUT2D eigenvalue weighted by molar-refractivity contribution is -0.138. The maximum atomic E-state index is 10.9. The molecule has 0 saturated heterocycles. The average molecular weight is 286 g/mol. The highest BCUT2D eigenvalue weighted by atomic mass is 32.2. The van der Waals surface area contributed by atoms with Crippen molar-refractivity contribution in [1.82, 2.24) is 4.98 Å². The van der Waals surface area contributed by atoms with E-state index in [-0.39, 0.29) is 11.8 Å². The number of aromatic nitrogens is 1. The van der Waals surface area contributed by atoms with Crippen LogP contribution < -0.4 is 4.72 Å². The molecule has 2 unspecified atom stereocenters. The molecule has 1 saturated carbocycles. The molecule has 1 aliphatic rings. The Morgan fingerprint density at radius 1 is 1.25 bits per heavy atom. The third-order valence-electron chi connectivity index (χ3n) is 3.35. The van der Waals surface area contributed by atoms with Gasteiger partial charge in [-0.05, 0) is 54.1 Å². The molecule has 0 spiro atoms. The second-order valence-corrected chi connectivity index (χ2v) is 5.65. The molecule has 5 heteroatoms. The fourth-order valence-corrected chi connectivity index (χ4v) is 2.77. The molecule has 0 amide bonds. The number of benzene rings is 1. The molecule has 1 heterocycles. The van der Waals surface area contributed by atoms with Gasteiger partial charge in [0.25, 0.3) is 0 Å². The summed E-state index contributed by atoms with van der Waals surface area (Å²) in [5.74, 6) is 0.121. The lowest BCUT2D eigenvalue weighted by Gasteiger charge is -2.05. The molecule has 102 valence electrons. The van der Waals surface area contributed by atoms with Gasteiger partial charge >= 0.3 is 5.97 Å². The van der Waals surface area contributed by atoms with Gasteiger partial charge in [0, 0.05) is 11.1 Å². The summed E-state index contributed by atoms with van der Waals surface area (Å²) in [6.07, 6.45) is 2.50. The number of nitrogens with zero attached hydrogens (tertiary/aromatic N) is 1. The van der Waals surface area contributed by atoms with Gasteiger partial charge in [-0.1, -0.05) is 18.2 Å². The van der Waals surface area contributed by atoms with Crippen molar-refractivity contribution in [3.63, 3.8) is 0 Å². The normalized spacial score (nSPS) is 20.4. The highest BCUT2D eigenvalue weighted by molar-refractivity contribution is 8.00. The minimum absolute atomic E-state index is 0.190. The molecule has 3 rings (SSSR count). The van der Waals surface area contributed by atoms with Crippen molar-refractivity contribution in [3.05, 3.63) is 54.2 Å². The Bertz CT molecular complexity index is 601. The third kappa shape index (κ3) is 2.93. The summed E-state index contributed by atoms with van der Waals surface area (Å²) >= 11 is 1.49. The molecule has 0 radical (unpaired) electrons. The minimum Gasteiger partial charge on any atom is -0.481 e. The largest absolute Gasteiger partial charge is 0.481 e. The van der Waals surface area contributed by atoms with Gasteiger partial charge < -0.3 is 9.83 Å². The van der Waals surface area contributed by atoms with Gasteiger partial charge in [0.15, 0.2) is 0 Å². The first-order valence-corrected chi connectivity index (χ1v) is 7.22. The summed E-state index contributed by atoms with van der Waals surface area (Å²) in [5.41, 5.74) is 1.11. The fraction of sp³-hybridized carbons (Fsp3) is 0.200. The van der Waals surface area contributed by atoms with Crippen molar-refractivity contribution >= 4 is 23.7 Å². The first kappa shape index (κ1) is 13.0. The van der Waals surface area contributed by atoms with Gasteiger partial charge in [-0.2, -0.15) is 0 Å². The van der Waals surface area contributed by atoms with Gasteiger partial charge in [-0.3, -0.25) is 4.79 Å². The number of anilines is 1. The molecule has 2 aromatic rings. The fourth-order valence-electron chi connectivity index (χ4n) is 2.15. The Morgan fingerprint density at radius 3 is 2.65 bits per heavy atom. The first-order chi connectivity index (χ1) is 9.74. The van der Waals surface area contributed by atoms with E-state index < -0.39 is 5.97 Å². The van der Waals surface area contributed by atoms with Crippen LogP contribution in [0, 0.1) is 5.92 Å². The maximum absolute atomic E-state index is 10.9. The van der Waals surface area contributed by atoms with Gasteiger partial charge in [0.2, 0.25) is 0 Å². The molecule has 0 bridgehead atoms. The van der Waals surface area contributed by atoms with Crippen LogP contribution in [-0.2, 0) is 4.79 Å². The van der Waals surface area contributed by atoms with Crippen molar-refractivity contribution < 1.29 is 9.90 Å². The number of carboxylic acid groups (broad SMARTS) is 1. The van der Waals surface area contributed by atoms with Gasteiger partial charge in [-0.15, -0.1) is 0 Å². The number of hydrogen-bond donors (Lipinski definition) is 2. The van der Waals surface area contributed by atoms with E-state index in [9.17, 15) is 4.79 Å². The van der Waals surface area contributed by atoms with Gasteiger partial charge in [-0.25, -0.2) is 4.98 Å². The number of aliphatic carboxylic acids is 1. The van der Waals surface area contributed by atoms with Crippen LogP contribution in [0.3, 0.4) is 0 Å². The van der Waals surface area contributed by atoms with E-state index >= 15 is 0 Å². The predicted molar refractivity (Wildman–Crippen MR) is 78.6 cm³/mol. The number of carbonyl (C=O) groups is 1. The Kier molecular flexibility index (Phi) is 3.60. The lowest BCUT2D eigenvalue weighted by atomic mass is 10.1. The molecule has 1 aliphatic carbocycles. The number of rotatable bonds is 5. The Labute approximate surface area is 121 Å². The predicted octanol–water partition coefficient (Wildman–Crippen LogP) is 3.39. The van der Waals surface area contributed by atoms with Gasteiger partial charge in [0.1, 0.15) is 5.82 Å². The summed E-state index contributed by atoms with van der Waals surface area (Å²) in [6.45, 7) is 0. The van der Waals surface area contributed by atoms with E-state index in [4.69, 9.17) is 5.11 Å². The van der Waals surface area contributed by atoms with Crippen LogP contribution in [0.25, 0.3) is 0 Å². The van der Waals surface area contributed by atoms with Crippen molar-refractivity contribution in [2.75, 3.05) is 4.72 Å². The van der Waals surface area contributed by atoms with E-state index in [1.165, 1.54) is 11.9 Å². The van der Waals surface area contributed by atoms with Crippen molar-refractivity contribution in [3.8, 4) is 0 Å². The smallest absolute Gasteiger partial charge is 0.307 e. The Morgan fingerprint density at radius 2 is 2.05 bits per heavy atom. The summed E-state index contributed by atoms with van der Waals surface area (Å²) < 4.78 is 3.16. The monoisotopic (exact) mass is 286 g/mol. The first-order valence-electron chi connectivity index (χ1n) is 6.41. The third-order valence-corrected chi connectivity index (χ3v) is 4.17. The number of pyridine rings is 1. The molecule has 20 heavy (non-hydrogen) atoms. The maximum Gasteiger partial charge on any atom is 0.307 e. The summed E-state index contributed by atoms with van der Waals surface area (Å²) in [5, 5.41) is 8.93. The Hall–Kier alpha value is -2.01. The second kappa shape index (κ2) is 5.54.